The van der Waals surface area contributed by atoms with E-state index in [1.165, 1.54) is 0 Å². The number of rotatable bonds is 3. The Morgan fingerprint density at radius 1 is 1.33 bits per heavy atom. The number of hydrogen-bond acceptors (Lipinski definition) is 2. The molecule has 0 bridgehead atoms. The first-order chi connectivity index (χ1) is 8.34. The van der Waals surface area contributed by atoms with Crippen molar-refractivity contribution in [1.29, 1.82) is 5.26 Å². The lowest BCUT2D eigenvalue weighted by atomic mass is 9.69. The van der Waals surface area contributed by atoms with Crippen molar-refractivity contribution in [3.63, 3.8) is 0 Å². The molecule has 1 saturated carbocycles. The Bertz CT molecular complexity index is 316. The van der Waals surface area contributed by atoms with E-state index in [2.05, 4.69) is 32.2 Å². The Kier molecular flexibility index (Phi) is 5.19. The average molecular weight is 250 g/mol. The van der Waals surface area contributed by atoms with Crippen LogP contribution in [0.15, 0.2) is 0 Å². The monoisotopic (exact) mass is 250 g/mol. The summed E-state index contributed by atoms with van der Waals surface area (Å²) in [6.07, 6.45) is 4.67. The Labute approximate surface area is 111 Å². The zero-order valence-electron chi connectivity index (χ0n) is 12.1. The summed E-state index contributed by atoms with van der Waals surface area (Å²) >= 11 is 0. The molecule has 18 heavy (non-hydrogen) atoms. The molecule has 1 N–H and O–H groups in total. The summed E-state index contributed by atoms with van der Waals surface area (Å²) in [7, 11) is 0. The van der Waals surface area contributed by atoms with E-state index >= 15 is 0 Å². The van der Waals surface area contributed by atoms with Gasteiger partial charge in [-0.15, -0.1) is 0 Å². The molecule has 0 saturated heterocycles. The van der Waals surface area contributed by atoms with Gasteiger partial charge >= 0.3 is 0 Å². The summed E-state index contributed by atoms with van der Waals surface area (Å²) in [5.41, 5.74) is 0.357. The van der Waals surface area contributed by atoms with Crippen LogP contribution < -0.4 is 5.32 Å². The minimum absolute atomic E-state index is 0.0251. The highest BCUT2D eigenvalue weighted by molar-refractivity contribution is 5.79. The van der Waals surface area contributed by atoms with Crippen LogP contribution in [0.2, 0.25) is 0 Å². The fraction of sp³-hybridized carbons (Fsp3) is 0.867. The van der Waals surface area contributed by atoms with Crippen molar-refractivity contribution in [2.24, 2.45) is 17.3 Å². The van der Waals surface area contributed by atoms with Gasteiger partial charge in [-0.05, 0) is 43.9 Å². The third-order valence-corrected chi connectivity index (χ3v) is 4.11. The lowest BCUT2D eigenvalue weighted by molar-refractivity contribution is -0.127. The summed E-state index contributed by atoms with van der Waals surface area (Å²) in [6.45, 7) is 8.75. The van der Waals surface area contributed by atoms with Gasteiger partial charge in [0.25, 0.3) is 0 Å². The van der Waals surface area contributed by atoms with E-state index in [0.29, 0.717) is 11.8 Å². The van der Waals surface area contributed by atoms with Crippen molar-refractivity contribution in [3.05, 3.63) is 0 Å². The first-order valence-corrected chi connectivity index (χ1v) is 7.02. The van der Waals surface area contributed by atoms with Gasteiger partial charge in [0, 0.05) is 12.0 Å². The number of nitrogens with one attached hydrogen (secondary N) is 1. The minimum atomic E-state index is -0.0251. The molecule has 1 amide bonds. The van der Waals surface area contributed by atoms with Crippen LogP contribution in [0.1, 0.15) is 59.8 Å². The average Bonchev–Trinajstić information content (AvgIpc) is 2.28. The summed E-state index contributed by atoms with van der Waals surface area (Å²) in [5.74, 6) is 1.04. The Morgan fingerprint density at radius 2 is 1.89 bits per heavy atom. The zero-order valence-corrected chi connectivity index (χ0v) is 12.1. The summed E-state index contributed by atoms with van der Waals surface area (Å²) < 4.78 is 0. The van der Waals surface area contributed by atoms with Gasteiger partial charge in [-0.2, -0.15) is 5.26 Å². The standard InChI is InChI=1S/C15H26N2O/c1-11(9-10-16)17-14(18)12-5-7-13(8-6-12)15(2,3)4/h11-13H,5-9H2,1-4H3,(H,17,18). The van der Waals surface area contributed by atoms with E-state index in [1.54, 1.807) is 0 Å². The van der Waals surface area contributed by atoms with E-state index in [0.717, 1.165) is 31.6 Å². The molecule has 0 radical (unpaired) electrons. The molecule has 0 aromatic heterocycles. The van der Waals surface area contributed by atoms with Gasteiger partial charge in [-0.1, -0.05) is 20.8 Å². The predicted molar refractivity (Wildman–Crippen MR) is 72.7 cm³/mol. The molecule has 0 spiro atoms. The predicted octanol–water partition coefficient (Wildman–Crippen LogP) is 3.26. The second-order valence-electron chi connectivity index (χ2n) is 6.69. The Morgan fingerprint density at radius 3 is 2.33 bits per heavy atom. The molecule has 0 heterocycles. The third kappa shape index (κ3) is 4.33. The number of hydrogen-bond donors (Lipinski definition) is 1. The molecule has 3 nitrogen and oxygen atoms in total. The van der Waals surface area contributed by atoms with Gasteiger partial charge in [-0.25, -0.2) is 0 Å². The van der Waals surface area contributed by atoms with Crippen LogP contribution in [0, 0.1) is 28.6 Å². The number of nitriles is 1. The number of amides is 1. The highest BCUT2D eigenvalue weighted by Gasteiger charge is 2.32. The van der Waals surface area contributed by atoms with Crippen molar-refractivity contribution in [2.45, 2.75) is 65.8 Å². The molecule has 1 rings (SSSR count). The lowest BCUT2D eigenvalue weighted by Gasteiger charge is -2.36. The zero-order chi connectivity index (χ0) is 13.8. The normalized spacial score (nSPS) is 26.2. The van der Waals surface area contributed by atoms with E-state index in [-0.39, 0.29) is 17.9 Å². The molecular weight excluding hydrogens is 224 g/mol. The SMILES string of the molecule is CC(CC#N)NC(=O)C1CCC(C(C)(C)C)CC1. The molecule has 0 aliphatic heterocycles. The van der Waals surface area contributed by atoms with Crippen molar-refractivity contribution >= 4 is 5.91 Å². The van der Waals surface area contributed by atoms with Gasteiger partial charge in [0.05, 0.1) is 12.5 Å². The fourth-order valence-electron chi connectivity index (χ4n) is 2.77. The first kappa shape index (κ1) is 15.0. The molecule has 0 aromatic rings. The maximum Gasteiger partial charge on any atom is 0.223 e. The van der Waals surface area contributed by atoms with Crippen LogP contribution in [-0.2, 0) is 4.79 Å². The van der Waals surface area contributed by atoms with Gasteiger partial charge in [-0.3, -0.25) is 4.79 Å². The molecule has 0 aromatic carbocycles. The molecule has 1 atom stereocenters. The van der Waals surface area contributed by atoms with Gasteiger partial charge < -0.3 is 5.32 Å². The van der Waals surface area contributed by atoms with E-state index in [1.807, 2.05) is 6.92 Å². The van der Waals surface area contributed by atoms with Gasteiger partial charge in [0.2, 0.25) is 5.91 Å². The first-order valence-electron chi connectivity index (χ1n) is 7.02. The largest absolute Gasteiger partial charge is 0.352 e. The van der Waals surface area contributed by atoms with Gasteiger partial charge in [0.15, 0.2) is 0 Å². The molecule has 1 aliphatic carbocycles. The smallest absolute Gasteiger partial charge is 0.223 e. The van der Waals surface area contributed by atoms with Crippen LogP contribution in [0.25, 0.3) is 0 Å². The van der Waals surface area contributed by atoms with E-state index in [9.17, 15) is 4.79 Å². The second-order valence-corrected chi connectivity index (χ2v) is 6.69. The van der Waals surface area contributed by atoms with Crippen molar-refractivity contribution in [3.8, 4) is 6.07 Å². The highest BCUT2D eigenvalue weighted by atomic mass is 16.1. The quantitative estimate of drug-likeness (QED) is 0.836. The highest BCUT2D eigenvalue weighted by Crippen LogP contribution is 2.39. The topological polar surface area (TPSA) is 52.9 Å². The number of carbonyl (C=O) groups excluding carboxylic acids is 1. The lowest BCUT2D eigenvalue weighted by Crippen LogP contribution is -2.39. The second kappa shape index (κ2) is 6.22. The maximum absolute atomic E-state index is 12.0. The van der Waals surface area contributed by atoms with Crippen LogP contribution in [0.5, 0.6) is 0 Å². The number of carbonyl (C=O) groups is 1. The van der Waals surface area contributed by atoms with Crippen molar-refractivity contribution in [2.75, 3.05) is 0 Å². The van der Waals surface area contributed by atoms with Gasteiger partial charge in [0.1, 0.15) is 0 Å². The fourth-order valence-corrected chi connectivity index (χ4v) is 2.77. The summed E-state index contributed by atoms with van der Waals surface area (Å²) in [4.78, 5) is 12.0. The minimum Gasteiger partial charge on any atom is -0.352 e. The van der Waals surface area contributed by atoms with Crippen LogP contribution in [-0.4, -0.2) is 11.9 Å². The molecule has 102 valence electrons. The molecule has 1 fully saturated rings. The van der Waals surface area contributed by atoms with Crippen LogP contribution in [0.4, 0.5) is 0 Å². The maximum atomic E-state index is 12.0. The Hall–Kier alpha value is -1.04. The summed E-state index contributed by atoms with van der Waals surface area (Å²) in [5, 5.41) is 11.5. The molecule has 1 aliphatic rings. The summed E-state index contributed by atoms with van der Waals surface area (Å²) in [6, 6.07) is 2.06. The molecule has 3 heteroatoms. The Balaban J connectivity index is 2.39. The van der Waals surface area contributed by atoms with E-state index < -0.39 is 0 Å². The molecule has 1 unspecified atom stereocenters. The van der Waals surface area contributed by atoms with Crippen LogP contribution >= 0.6 is 0 Å². The van der Waals surface area contributed by atoms with Crippen molar-refractivity contribution in [1.82, 2.24) is 5.32 Å². The van der Waals surface area contributed by atoms with Crippen LogP contribution in [0.3, 0.4) is 0 Å². The third-order valence-electron chi connectivity index (χ3n) is 4.11. The van der Waals surface area contributed by atoms with E-state index in [4.69, 9.17) is 5.26 Å². The van der Waals surface area contributed by atoms with Crippen molar-refractivity contribution < 1.29 is 4.79 Å². The number of nitrogens with zero attached hydrogens (tertiary/aromatic N) is 1. The molecular formula is C15H26N2O.